The summed E-state index contributed by atoms with van der Waals surface area (Å²) in [5, 5.41) is 1.10. The first-order chi connectivity index (χ1) is 21.0. The van der Waals surface area contributed by atoms with E-state index in [4.69, 9.17) is 13.9 Å². The van der Waals surface area contributed by atoms with Crippen LogP contribution in [0.1, 0.15) is 16.9 Å². The topological polar surface area (TPSA) is 48.7 Å². The second-order valence-electron chi connectivity index (χ2n) is 10.2. The molecule has 1 aromatic heterocycles. The Balaban J connectivity index is 1.28. The molecule has 0 saturated carbocycles. The van der Waals surface area contributed by atoms with Crippen LogP contribution in [0.3, 0.4) is 0 Å². The Kier molecular flexibility index (Phi) is 8.77. The predicted octanol–water partition coefficient (Wildman–Crippen LogP) is 10.0. The number of halogens is 2. The molecule has 1 heterocycles. The van der Waals surface area contributed by atoms with Crippen LogP contribution in [0.2, 0.25) is 0 Å². The molecule has 214 valence electrons. The number of hydrogen-bond acceptors (Lipinski definition) is 4. The second-order valence-corrected chi connectivity index (χ2v) is 11.9. The Hall–Kier alpha value is -4.13. The number of para-hydroxylation sites is 1. The van der Waals surface area contributed by atoms with Crippen LogP contribution < -0.4 is 4.74 Å². The van der Waals surface area contributed by atoms with Crippen molar-refractivity contribution in [1.29, 1.82) is 0 Å². The maximum absolute atomic E-state index is 12.6. The molecule has 4 nitrogen and oxygen atoms in total. The summed E-state index contributed by atoms with van der Waals surface area (Å²) in [5.41, 5.74) is 7.33. The van der Waals surface area contributed by atoms with Gasteiger partial charge in [-0.15, -0.1) is 0 Å². The van der Waals surface area contributed by atoms with Crippen molar-refractivity contribution < 1.29 is 18.7 Å². The van der Waals surface area contributed by atoms with Crippen LogP contribution in [0.15, 0.2) is 135 Å². The Morgan fingerprint density at radius 2 is 1.30 bits per heavy atom. The lowest BCUT2D eigenvalue weighted by Crippen LogP contribution is -2.31. The molecule has 0 radical (unpaired) electrons. The molecule has 0 unspecified atom stereocenters. The third-order valence-corrected chi connectivity index (χ3v) is 8.55. The summed E-state index contributed by atoms with van der Waals surface area (Å²) in [6.07, 6.45) is 0.315. The number of methoxy groups -OCH3 is 1. The highest BCUT2D eigenvalue weighted by molar-refractivity contribution is 9.11. The Morgan fingerprint density at radius 3 is 1.95 bits per heavy atom. The van der Waals surface area contributed by atoms with Gasteiger partial charge in [-0.1, -0.05) is 103 Å². The standard InChI is InChI=1S/C37H28Br2O4/c1-41-37(40)34(21-25-12-6-3-7-13-25)43-36-30(38)22-28(23-31(36)39)26-16-18-27(19-17-26)35-29-14-8-9-15-32(29)42-33(35)20-24-10-4-2-5-11-24/h2-19,22-23,34H,20-21H2,1H3/t34-/m0/s1. The van der Waals surface area contributed by atoms with Gasteiger partial charge >= 0.3 is 5.97 Å². The van der Waals surface area contributed by atoms with Gasteiger partial charge in [0.2, 0.25) is 0 Å². The van der Waals surface area contributed by atoms with Crippen LogP contribution in [0.5, 0.6) is 5.75 Å². The number of furan rings is 1. The van der Waals surface area contributed by atoms with E-state index in [-0.39, 0.29) is 0 Å². The second kappa shape index (κ2) is 13.0. The van der Waals surface area contributed by atoms with E-state index in [2.05, 4.69) is 86.5 Å². The third kappa shape index (κ3) is 6.46. The average Bonchev–Trinajstić information content (AvgIpc) is 3.40. The zero-order valence-corrected chi connectivity index (χ0v) is 26.6. The van der Waals surface area contributed by atoms with E-state index in [1.54, 1.807) is 0 Å². The van der Waals surface area contributed by atoms with Crippen molar-refractivity contribution >= 4 is 48.8 Å². The molecule has 1 atom stereocenters. The van der Waals surface area contributed by atoms with Crippen molar-refractivity contribution in [3.05, 3.63) is 147 Å². The molecule has 43 heavy (non-hydrogen) atoms. The van der Waals surface area contributed by atoms with Gasteiger partial charge in [0, 0.05) is 23.8 Å². The van der Waals surface area contributed by atoms with E-state index in [0.717, 1.165) is 53.5 Å². The van der Waals surface area contributed by atoms with Crippen molar-refractivity contribution in [3.63, 3.8) is 0 Å². The monoisotopic (exact) mass is 694 g/mol. The molecule has 0 aliphatic rings. The molecule has 6 heteroatoms. The number of fused-ring (bicyclic) bond motifs is 1. The molecule has 0 aliphatic carbocycles. The van der Waals surface area contributed by atoms with E-state index in [1.807, 2.05) is 66.7 Å². The summed E-state index contributed by atoms with van der Waals surface area (Å²) in [7, 11) is 1.37. The van der Waals surface area contributed by atoms with Crippen LogP contribution >= 0.6 is 31.9 Å². The predicted molar refractivity (Wildman–Crippen MR) is 178 cm³/mol. The van der Waals surface area contributed by atoms with Gasteiger partial charge in [-0.3, -0.25) is 0 Å². The smallest absolute Gasteiger partial charge is 0.347 e. The fraction of sp³-hybridized carbons (Fsp3) is 0.108. The summed E-state index contributed by atoms with van der Waals surface area (Å²) in [6.45, 7) is 0. The van der Waals surface area contributed by atoms with Gasteiger partial charge in [0.05, 0.1) is 16.1 Å². The van der Waals surface area contributed by atoms with Crippen LogP contribution in [0.4, 0.5) is 0 Å². The average molecular weight is 696 g/mol. The van der Waals surface area contributed by atoms with Crippen LogP contribution in [0.25, 0.3) is 33.2 Å². The van der Waals surface area contributed by atoms with Crippen molar-refractivity contribution in [2.24, 2.45) is 0 Å². The highest BCUT2D eigenvalue weighted by atomic mass is 79.9. The quantitative estimate of drug-likeness (QED) is 0.141. The fourth-order valence-corrected chi connectivity index (χ4v) is 6.64. The number of carbonyl (C=O) groups is 1. The van der Waals surface area contributed by atoms with E-state index >= 15 is 0 Å². The normalized spacial score (nSPS) is 11.8. The van der Waals surface area contributed by atoms with Gasteiger partial charge in [-0.2, -0.15) is 0 Å². The zero-order valence-electron chi connectivity index (χ0n) is 23.4. The van der Waals surface area contributed by atoms with Gasteiger partial charge in [0.1, 0.15) is 17.1 Å². The Labute approximate surface area is 267 Å². The van der Waals surface area contributed by atoms with Gasteiger partial charge in [-0.25, -0.2) is 4.79 Å². The molecule has 5 aromatic carbocycles. The summed E-state index contributed by atoms with van der Waals surface area (Å²) < 4.78 is 19.1. The number of hydrogen-bond donors (Lipinski definition) is 0. The van der Waals surface area contributed by atoms with Crippen molar-refractivity contribution in [2.45, 2.75) is 18.9 Å². The van der Waals surface area contributed by atoms with Crippen molar-refractivity contribution in [3.8, 4) is 28.0 Å². The number of carbonyl (C=O) groups excluding carboxylic acids is 1. The highest BCUT2D eigenvalue weighted by Crippen LogP contribution is 2.41. The molecule has 0 saturated heterocycles. The molecule has 0 fully saturated rings. The summed E-state index contributed by atoms with van der Waals surface area (Å²) >= 11 is 7.35. The molecular weight excluding hydrogens is 668 g/mol. The van der Waals surface area contributed by atoms with E-state index < -0.39 is 12.1 Å². The van der Waals surface area contributed by atoms with E-state index in [9.17, 15) is 4.79 Å². The maximum atomic E-state index is 12.6. The first-order valence-electron chi connectivity index (χ1n) is 13.9. The number of ether oxygens (including phenoxy) is 2. The van der Waals surface area contributed by atoms with Crippen molar-refractivity contribution in [1.82, 2.24) is 0 Å². The van der Waals surface area contributed by atoms with Crippen LogP contribution in [-0.4, -0.2) is 19.2 Å². The lowest BCUT2D eigenvalue weighted by molar-refractivity contribution is -0.148. The lowest BCUT2D eigenvalue weighted by atomic mass is 9.96. The number of rotatable bonds is 9. The minimum absolute atomic E-state index is 0.393. The molecule has 6 rings (SSSR count). The van der Waals surface area contributed by atoms with E-state index in [0.29, 0.717) is 18.6 Å². The van der Waals surface area contributed by atoms with Crippen LogP contribution in [-0.2, 0) is 22.4 Å². The fourth-order valence-electron chi connectivity index (χ4n) is 5.26. The maximum Gasteiger partial charge on any atom is 0.347 e. The number of esters is 1. The highest BCUT2D eigenvalue weighted by Gasteiger charge is 2.24. The molecule has 0 bridgehead atoms. The summed E-state index contributed by atoms with van der Waals surface area (Å²) in [5.74, 6) is 1.06. The SMILES string of the molecule is COC(=O)[C@H](Cc1ccccc1)Oc1c(Br)cc(-c2ccc(-c3c(Cc4ccccc4)oc4ccccc34)cc2)cc1Br. The van der Waals surface area contributed by atoms with Crippen molar-refractivity contribution in [2.75, 3.05) is 7.11 Å². The molecule has 6 aromatic rings. The largest absolute Gasteiger partial charge is 0.476 e. The lowest BCUT2D eigenvalue weighted by Gasteiger charge is -2.20. The summed E-state index contributed by atoms with van der Waals surface area (Å²) in [6, 6.07) is 40.8. The van der Waals surface area contributed by atoms with Gasteiger partial charge in [0.15, 0.2) is 6.10 Å². The molecule has 0 amide bonds. The number of benzene rings is 5. The zero-order chi connectivity index (χ0) is 29.8. The third-order valence-electron chi connectivity index (χ3n) is 7.37. The van der Waals surface area contributed by atoms with Gasteiger partial charge < -0.3 is 13.9 Å². The van der Waals surface area contributed by atoms with Gasteiger partial charge in [-0.05, 0) is 77.9 Å². The first kappa shape index (κ1) is 29.0. The minimum atomic E-state index is -0.792. The summed E-state index contributed by atoms with van der Waals surface area (Å²) in [4.78, 5) is 12.6. The first-order valence-corrected chi connectivity index (χ1v) is 15.5. The van der Waals surface area contributed by atoms with E-state index in [1.165, 1.54) is 12.7 Å². The molecule has 0 spiro atoms. The Bertz CT molecular complexity index is 1840. The minimum Gasteiger partial charge on any atom is -0.476 e. The molecular formula is C37H28Br2O4. The molecule has 0 N–H and O–H groups in total. The van der Waals surface area contributed by atoms with Gasteiger partial charge in [0.25, 0.3) is 0 Å². The Morgan fingerprint density at radius 1 is 0.721 bits per heavy atom. The molecule has 0 aliphatic heterocycles. The van der Waals surface area contributed by atoms with Crippen LogP contribution in [0, 0.1) is 0 Å².